The number of carbonyl (C=O) groups is 1. The van der Waals surface area contributed by atoms with Crippen molar-refractivity contribution in [3.05, 3.63) is 64.1 Å². The first kappa shape index (κ1) is 19.9. The van der Waals surface area contributed by atoms with E-state index in [1.54, 1.807) is 17.4 Å². The molecule has 2 aromatic heterocycles. The minimum absolute atomic E-state index is 0.0906. The number of thiophene rings is 1. The Morgan fingerprint density at radius 3 is 2.83 bits per heavy atom. The largest absolute Gasteiger partial charge is 0.460 e. The number of morpholine rings is 1. The molecule has 1 aliphatic rings. The number of para-hydroxylation sites is 1. The number of benzene rings is 1. The molecule has 1 unspecified atom stereocenters. The lowest BCUT2D eigenvalue weighted by Gasteiger charge is -2.34. The quantitative estimate of drug-likeness (QED) is 0.592. The van der Waals surface area contributed by atoms with Crippen LogP contribution in [0.1, 0.15) is 29.2 Å². The predicted octanol–water partition coefficient (Wildman–Crippen LogP) is 4.26. The highest BCUT2D eigenvalue weighted by molar-refractivity contribution is 7.10. The lowest BCUT2D eigenvalue weighted by Crippen LogP contribution is -2.43. The number of nitrogens with zero attached hydrogens (tertiary/aromatic N) is 1. The average molecular weight is 411 g/mol. The van der Waals surface area contributed by atoms with E-state index in [4.69, 9.17) is 9.15 Å². The second-order valence-corrected chi connectivity index (χ2v) is 8.03. The monoisotopic (exact) mass is 410 g/mol. The number of rotatable bonds is 7. The van der Waals surface area contributed by atoms with Gasteiger partial charge in [0.1, 0.15) is 11.3 Å². The van der Waals surface area contributed by atoms with Crippen LogP contribution in [0.2, 0.25) is 0 Å². The Morgan fingerprint density at radius 1 is 1.24 bits per heavy atom. The molecule has 1 aromatic carbocycles. The highest BCUT2D eigenvalue weighted by atomic mass is 32.1. The van der Waals surface area contributed by atoms with Gasteiger partial charge in [-0.3, -0.25) is 9.69 Å². The molecular formula is C23H26N2O3S. The van der Waals surface area contributed by atoms with Crippen molar-refractivity contribution < 1.29 is 13.9 Å². The fraction of sp³-hybridized carbons (Fsp3) is 0.348. The van der Waals surface area contributed by atoms with E-state index < -0.39 is 0 Å². The number of hydrogen-bond acceptors (Lipinski definition) is 5. The summed E-state index contributed by atoms with van der Waals surface area (Å²) in [4.78, 5) is 16.2. The molecule has 152 valence electrons. The van der Waals surface area contributed by atoms with E-state index in [1.807, 2.05) is 30.3 Å². The topological polar surface area (TPSA) is 54.7 Å². The molecule has 0 bridgehead atoms. The van der Waals surface area contributed by atoms with Crippen LogP contribution in [-0.2, 0) is 16.0 Å². The summed E-state index contributed by atoms with van der Waals surface area (Å²) in [6, 6.07) is 12.3. The Morgan fingerprint density at radius 2 is 2.07 bits per heavy atom. The lowest BCUT2D eigenvalue weighted by molar-refractivity contribution is -0.116. The number of fused-ring (bicyclic) bond motifs is 1. The zero-order valence-electron chi connectivity index (χ0n) is 16.6. The zero-order chi connectivity index (χ0) is 20.1. The van der Waals surface area contributed by atoms with Gasteiger partial charge in [0, 0.05) is 48.0 Å². The predicted molar refractivity (Wildman–Crippen MR) is 117 cm³/mol. The first-order chi connectivity index (χ1) is 14.3. The summed E-state index contributed by atoms with van der Waals surface area (Å²) < 4.78 is 11.4. The molecule has 5 nitrogen and oxygen atoms in total. The normalized spacial score (nSPS) is 16.4. The standard InChI is InChI=1S/C23H26N2O3S/c1-2-20-18(17-6-3-4-7-21(17)28-20)9-10-23(26)24-16-19(22-8-5-15-29-22)25-11-13-27-14-12-25/h3-10,15,19H,2,11-14,16H2,1H3,(H,24,26). The van der Waals surface area contributed by atoms with Gasteiger partial charge in [-0.25, -0.2) is 0 Å². The van der Waals surface area contributed by atoms with Gasteiger partial charge in [0.2, 0.25) is 5.91 Å². The van der Waals surface area contributed by atoms with Crippen LogP contribution in [0.25, 0.3) is 17.0 Å². The van der Waals surface area contributed by atoms with Crippen LogP contribution in [0.15, 0.2) is 52.3 Å². The molecule has 3 heterocycles. The molecule has 3 aromatic rings. The highest BCUT2D eigenvalue weighted by Gasteiger charge is 2.23. The number of amides is 1. The van der Waals surface area contributed by atoms with Crippen molar-refractivity contribution in [2.75, 3.05) is 32.8 Å². The van der Waals surface area contributed by atoms with Gasteiger partial charge in [-0.05, 0) is 23.6 Å². The summed E-state index contributed by atoms with van der Waals surface area (Å²) >= 11 is 1.73. The van der Waals surface area contributed by atoms with Crippen molar-refractivity contribution in [1.29, 1.82) is 0 Å². The van der Waals surface area contributed by atoms with Crippen molar-refractivity contribution >= 4 is 34.3 Å². The van der Waals surface area contributed by atoms with E-state index in [2.05, 4.69) is 34.7 Å². The average Bonchev–Trinajstić information content (AvgIpc) is 3.41. The Hall–Kier alpha value is -2.41. The van der Waals surface area contributed by atoms with E-state index >= 15 is 0 Å². The fourth-order valence-electron chi connectivity index (χ4n) is 3.76. The molecule has 1 fully saturated rings. The molecule has 0 spiro atoms. The Balaban J connectivity index is 1.45. The van der Waals surface area contributed by atoms with Gasteiger partial charge in [0.25, 0.3) is 0 Å². The number of carbonyl (C=O) groups excluding carboxylic acids is 1. The molecule has 29 heavy (non-hydrogen) atoms. The number of aryl methyl sites for hydroxylation is 1. The van der Waals surface area contributed by atoms with Crippen LogP contribution in [0.5, 0.6) is 0 Å². The van der Waals surface area contributed by atoms with Gasteiger partial charge in [-0.15, -0.1) is 11.3 Å². The maximum atomic E-state index is 12.6. The number of ether oxygens (including phenoxy) is 1. The maximum absolute atomic E-state index is 12.6. The van der Waals surface area contributed by atoms with Gasteiger partial charge in [-0.2, -0.15) is 0 Å². The minimum atomic E-state index is -0.0906. The summed E-state index contributed by atoms with van der Waals surface area (Å²) in [6.45, 7) is 5.88. The summed E-state index contributed by atoms with van der Waals surface area (Å²) in [7, 11) is 0. The van der Waals surface area contributed by atoms with Crippen molar-refractivity contribution in [1.82, 2.24) is 10.2 Å². The first-order valence-corrected chi connectivity index (χ1v) is 11.0. The van der Waals surface area contributed by atoms with Crippen molar-refractivity contribution in [3.63, 3.8) is 0 Å². The third kappa shape index (κ3) is 4.61. The van der Waals surface area contributed by atoms with Crippen LogP contribution in [0, 0.1) is 0 Å². The summed E-state index contributed by atoms with van der Waals surface area (Å²) in [6.07, 6.45) is 4.27. The Bertz CT molecular complexity index is 971. The van der Waals surface area contributed by atoms with E-state index in [-0.39, 0.29) is 11.9 Å². The van der Waals surface area contributed by atoms with E-state index in [0.29, 0.717) is 6.54 Å². The molecule has 1 atom stereocenters. The summed E-state index contributed by atoms with van der Waals surface area (Å²) in [5.74, 6) is 0.812. The molecule has 4 rings (SSSR count). The van der Waals surface area contributed by atoms with Gasteiger partial charge in [0.05, 0.1) is 19.3 Å². The van der Waals surface area contributed by atoms with Crippen LogP contribution >= 0.6 is 11.3 Å². The SMILES string of the molecule is CCc1oc2ccccc2c1C=CC(=O)NCC(c1cccs1)N1CCOCC1. The number of hydrogen-bond donors (Lipinski definition) is 1. The number of furan rings is 1. The highest BCUT2D eigenvalue weighted by Crippen LogP contribution is 2.28. The molecule has 6 heteroatoms. The van der Waals surface area contributed by atoms with Gasteiger partial charge in [0.15, 0.2) is 0 Å². The van der Waals surface area contributed by atoms with Gasteiger partial charge < -0.3 is 14.5 Å². The van der Waals surface area contributed by atoms with Crippen LogP contribution in [0.3, 0.4) is 0 Å². The lowest BCUT2D eigenvalue weighted by atomic mass is 10.1. The molecule has 1 amide bonds. The summed E-state index contributed by atoms with van der Waals surface area (Å²) in [5.41, 5.74) is 1.84. The van der Waals surface area contributed by atoms with Crippen LogP contribution < -0.4 is 5.32 Å². The second-order valence-electron chi connectivity index (χ2n) is 7.05. The molecule has 0 radical (unpaired) electrons. The molecule has 1 N–H and O–H groups in total. The van der Waals surface area contributed by atoms with Gasteiger partial charge >= 0.3 is 0 Å². The molecule has 0 aliphatic carbocycles. The third-order valence-electron chi connectivity index (χ3n) is 5.26. The summed E-state index contributed by atoms with van der Waals surface area (Å²) in [5, 5.41) is 6.21. The minimum Gasteiger partial charge on any atom is -0.460 e. The maximum Gasteiger partial charge on any atom is 0.244 e. The first-order valence-electron chi connectivity index (χ1n) is 10.1. The number of nitrogens with one attached hydrogen (secondary N) is 1. The van der Waals surface area contributed by atoms with Crippen LogP contribution in [-0.4, -0.2) is 43.7 Å². The van der Waals surface area contributed by atoms with E-state index in [0.717, 1.165) is 55.0 Å². The molecular weight excluding hydrogens is 384 g/mol. The molecule has 1 aliphatic heterocycles. The molecule has 1 saturated heterocycles. The smallest absolute Gasteiger partial charge is 0.244 e. The van der Waals surface area contributed by atoms with Crippen LogP contribution in [0.4, 0.5) is 0 Å². The third-order valence-corrected chi connectivity index (χ3v) is 6.23. The van der Waals surface area contributed by atoms with E-state index in [1.165, 1.54) is 4.88 Å². The Kier molecular flexibility index (Phi) is 6.44. The van der Waals surface area contributed by atoms with Crippen molar-refractivity contribution in [2.45, 2.75) is 19.4 Å². The van der Waals surface area contributed by atoms with Crippen molar-refractivity contribution in [3.8, 4) is 0 Å². The molecule has 0 saturated carbocycles. The zero-order valence-corrected chi connectivity index (χ0v) is 17.4. The fourth-order valence-corrected chi connectivity index (χ4v) is 4.62. The van der Waals surface area contributed by atoms with Gasteiger partial charge in [-0.1, -0.05) is 31.2 Å². The van der Waals surface area contributed by atoms with Crippen molar-refractivity contribution in [2.24, 2.45) is 0 Å². The van der Waals surface area contributed by atoms with E-state index in [9.17, 15) is 4.79 Å². The Labute approximate surface area is 175 Å². The second kappa shape index (κ2) is 9.39.